The molecule has 1 unspecified atom stereocenters. The van der Waals surface area contributed by atoms with Crippen molar-refractivity contribution in [2.45, 2.75) is 33.2 Å². The largest absolute Gasteiger partial charge is 0.381 e. The van der Waals surface area contributed by atoms with Crippen LogP contribution in [0.2, 0.25) is 0 Å². The molecule has 0 amide bonds. The number of rotatable bonds is 2. The molecule has 1 aliphatic rings. The molecule has 3 heteroatoms. The highest BCUT2D eigenvalue weighted by molar-refractivity contribution is 9.10. The summed E-state index contributed by atoms with van der Waals surface area (Å²) in [6.45, 7) is 6.84. The Labute approximate surface area is 117 Å². The first-order valence-electron chi connectivity index (χ1n) is 6.07. The third-order valence-electron chi connectivity index (χ3n) is 3.10. The van der Waals surface area contributed by atoms with Gasteiger partial charge in [0.05, 0.1) is 0 Å². The highest BCUT2D eigenvalue weighted by Gasteiger charge is 2.28. The fourth-order valence-corrected chi connectivity index (χ4v) is 4.19. The number of benzene rings is 1. The normalized spacial score (nSPS) is 23.4. The summed E-state index contributed by atoms with van der Waals surface area (Å²) in [6, 6.07) is 7.09. The topological polar surface area (TPSA) is 12.0 Å². The summed E-state index contributed by atoms with van der Waals surface area (Å²) in [4.78, 5) is 0. The second kappa shape index (κ2) is 5.23. The molecule has 1 nitrogen and oxygen atoms in total. The molecule has 1 fully saturated rings. The number of thioether (sulfide) groups is 1. The van der Waals surface area contributed by atoms with Gasteiger partial charge in [0, 0.05) is 22.0 Å². The van der Waals surface area contributed by atoms with Crippen molar-refractivity contribution in [3.63, 3.8) is 0 Å². The van der Waals surface area contributed by atoms with E-state index in [1.807, 2.05) is 0 Å². The summed E-state index contributed by atoms with van der Waals surface area (Å²) in [5.41, 5.74) is 2.97. The Morgan fingerprint density at radius 2 is 2.18 bits per heavy atom. The first-order valence-corrected chi connectivity index (χ1v) is 8.01. The summed E-state index contributed by atoms with van der Waals surface area (Å²) < 4.78 is 1.17. The van der Waals surface area contributed by atoms with Gasteiger partial charge in [0.25, 0.3) is 0 Å². The second-order valence-electron chi connectivity index (χ2n) is 5.71. The number of nitrogens with one attached hydrogen (secondary N) is 1. The van der Waals surface area contributed by atoms with Crippen molar-refractivity contribution in [2.75, 3.05) is 16.8 Å². The van der Waals surface area contributed by atoms with Crippen LogP contribution in [0.3, 0.4) is 0 Å². The molecule has 1 aromatic rings. The monoisotopic (exact) mass is 313 g/mol. The minimum atomic E-state index is 0.456. The minimum Gasteiger partial charge on any atom is -0.381 e. The van der Waals surface area contributed by atoms with Crippen LogP contribution in [-0.2, 0) is 0 Å². The van der Waals surface area contributed by atoms with Crippen molar-refractivity contribution < 1.29 is 0 Å². The number of aryl methyl sites for hydroxylation is 1. The van der Waals surface area contributed by atoms with Gasteiger partial charge in [0.2, 0.25) is 0 Å². The van der Waals surface area contributed by atoms with Crippen LogP contribution in [0.4, 0.5) is 5.69 Å². The van der Waals surface area contributed by atoms with E-state index in [2.05, 4.69) is 72.0 Å². The van der Waals surface area contributed by atoms with E-state index in [1.165, 1.54) is 33.7 Å². The quantitative estimate of drug-likeness (QED) is 0.849. The van der Waals surface area contributed by atoms with E-state index in [-0.39, 0.29) is 0 Å². The van der Waals surface area contributed by atoms with E-state index in [0.717, 1.165) is 0 Å². The second-order valence-corrected chi connectivity index (χ2v) is 7.59. The van der Waals surface area contributed by atoms with Gasteiger partial charge in [-0.25, -0.2) is 0 Å². The fourth-order valence-electron chi connectivity index (χ4n) is 2.31. The average Bonchev–Trinajstić information content (AvgIpc) is 2.21. The maximum absolute atomic E-state index is 3.66. The van der Waals surface area contributed by atoms with Crippen LogP contribution < -0.4 is 5.32 Å². The summed E-state index contributed by atoms with van der Waals surface area (Å²) >= 11 is 5.69. The van der Waals surface area contributed by atoms with Gasteiger partial charge in [-0.05, 0) is 58.1 Å². The van der Waals surface area contributed by atoms with Gasteiger partial charge in [-0.3, -0.25) is 0 Å². The molecule has 0 saturated carbocycles. The van der Waals surface area contributed by atoms with Gasteiger partial charge < -0.3 is 5.32 Å². The van der Waals surface area contributed by atoms with E-state index >= 15 is 0 Å². The molecule has 0 aromatic heterocycles. The lowest BCUT2D eigenvalue weighted by atomic mass is 9.88. The van der Waals surface area contributed by atoms with Crippen LogP contribution in [0.15, 0.2) is 22.7 Å². The molecular formula is C14H20BrNS. The Morgan fingerprint density at radius 3 is 2.82 bits per heavy atom. The van der Waals surface area contributed by atoms with Gasteiger partial charge in [-0.2, -0.15) is 11.8 Å². The SMILES string of the molecule is Cc1ccc(NC2CSCC(C)(C)C2)c(Br)c1. The zero-order valence-electron chi connectivity index (χ0n) is 10.7. The molecule has 17 heavy (non-hydrogen) atoms. The van der Waals surface area contributed by atoms with Crippen molar-refractivity contribution in [3.05, 3.63) is 28.2 Å². The minimum absolute atomic E-state index is 0.456. The molecule has 1 heterocycles. The average molecular weight is 314 g/mol. The number of anilines is 1. The van der Waals surface area contributed by atoms with Gasteiger partial charge >= 0.3 is 0 Å². The summed E-state index contributed by atoms with van der Waals surface area (Å²) in [6.07, 6.45) is 1.25. The lowest BCUT2D eigenvalue weighted by molar-refractivity contribution is 0.358. The fraction of sp³-hybridized carbons (Fsp3) is 0.571. The molecule has 1 atom stereocenters. The van der Waals surface area contributed by atoms with Crippen LogP contribution in [0.25, 0.3) is 0 Å². The molecule has 1 N–H and O–H groups in total. The third-order valence-corrected chi connectivity index (χ3v) is 5.37. The molecule has 1 aromatic carbocycles. The molecule has 0 radical (unpaired) electrons. The molecule has 1 saturated heterocycles. The van der Waals surface area contributed by atoms with Crippen LogP contribution in [0.5, 0.6) is 0 Å². The van der Waals surface area contributed by atoms with Crippen LogP contribution in [0, 0.1) is 12.3 Å². The zero-order valence-corrected chi connectivity index (χ0v) is 13.1. The van der Waals surface area contributed by atoms with Crippen LogP contribution >= 0.6 is 27.7 Å². The maximum atomic E-state index is 3.66. The zero-order chi connectivity index (χ0) is 12.5. The third kappa shape index (κ3) is 3.65. The Bertz CT molecular complexity index is 403. The maximum Gasteiger partial charge on any atom is 0.0487 e. The molecule has 0 spiro atoms. The Hall–Kier alpha value is -0.150. The van der Waals surface area contributed by atoms with Gasteiger partial charge in [-0.15, -0.1) is 0 Å². The highest BCUT2D eigenvalue weighted by Crippen LogP contribution is 2.35. The lowest BCUT2D eigenvalue weighted by Gasteiger charge is -2.35. The number of hydrogen-bond donors (Lipinski definition) is 1. The smallest absolute Gasteiger partial charge is 0.0487 e. The molecule has 0 aliphatic carbocycles. The highest BCUT2D eigenvalue weighted by atomic mass is 79.9. The Morgan fingerprint density at radius 1 is 1.41 bits per heavy atom. The first-order chi connectivity index (χ1) is 7.96. The summed E-state index contributed by atoms with van der Waals surface area (Å²) in [5, 5.41) is 3.66. The van der Waals surface area contributed by atoms with Gasteiger partial charge in [0.15, 0.2) is 0 Å². The Kier molecular flexibility index (Phi) is 4.09. The predicted octanol–water partition coefficient (Wildman–Crippen LogP) is 4.70. The Balaban J connectivity index is 2.05. The molecule has 2 rings (SSSR count). The van der Waals surface area contributed by atoms with Crippen molar-refractivity contribution in [2.24, 2.45) is 5.41 Å². The summed E-state index contributed by atoms with van der Waals surface area (Å²) in [7, 11) is 0. The van der Waals surface area contributed by atoms with E-state index in [0.29, 0.717) is 11.5 Å². The number of halogens is 1. The van der Waals surface area contributed by atoms with Crippen molar-refractivity contribution in [1.29, 1.82) is 0 Å². The van der Waals surface area contributed by atoms with Gasteiger partial charge in [0.1, 0.15) is 0 Å². The van der Waals surface area contributed by atoms with Crippen molar-refractivity contribution in [3.8, 4) is 0 Å². The van der Waals surface area contributed by atoms with E-state index in [9.17, 15) is 0 Å². The molecule has 1 aliphatic heterocycles. The molecule has 94 valence electrons. The van der Waals surface area contributed by atoms with Gasteiger partial charge in [-0.1, -0.05) is 19.9 Å². The van der Waals surface area contributed by atoms with Crippen LogP contribution in [0.1, 0.15) is 25.8 Å². The van der Waals surface area contributed by atoms with Crippen molar-refractivity contribution >= 4 is 33.4 Å². The predicted molar refractivity (Wildman–Crippen MR) is 82.0 cm³/mol. The van der Waals surface area contributed by atoms with E-state index in [4.69, 9.17) is 0 Å². The standard InChI is InChI=1S/C14H20BrNS/c1-10-4-5-13(12(15)6-10)16-11-7-14(2,3)9-17-8-11/h4-6,11,16H,7-9H2,1-3H3. The molecule has 0 bridgehead atoms. The van der Waals surface area contributed by atoms with E-state index in [1.54, 1.807) is 0 Å². The molecular weight excluding hydrogens is 294 g/mol. The number of hydrogen-bond acceptors (Lipinski definition) is 2. The van der Waals surface area contributed by atoms with E-state index < -0.39 is 0 Å². The lowest BCUT2D eigenvalue weighted by Crippen LogP contribution is -2.35. The van der Waals surface area contributed by atoms with Crippen molar-refractivity contribution in [1.82, 2.24) is 0 Å². The van der Waals surface area contributed by atoms with Crippen LogP contribution in [-0.4, -0.2) is 17.5 Å². The first kappa shape index (κ1) is 13.3. The summed E-state index contributed by atoms with van der Waals surface area (Å²) in [5.74, 6) is 2.49.